The summed E-state index contributed by atoms with van der Waals surface area (Å²) in [5.41, 5.74) is 0. The topological polar surface area (TPSA) is 134 Å². The summed E-state index contributed by atoms with van der Waals surface area (Å²) in [5.74, 6) is -1.37. The van der Waals surface area contributed by atoms with Gasteiger partial charge in [0.2, 0.25) is 0 Å². The Hall–Kier alpha value is -1.74. The number of aliphatic hydroxyl groups is 4. The fourth-order valence-corrected chi connectivity index (χ4v) is 5.82. The third-order valence-corrected chi connectivity index (χ3v) is 8.60. The number of ether oxygens (including phenoxy) is 2. The van der Waals surface area contributed by atoms with E-state index < -0.39 is 37.0 Å². The lowest BCUT2D eigenvalue weighted by atomic mass is 9.89. The van der Waals surface area contributed by atoms with Gasteiger partial charge in [-0.2, -0.15) is 0 Å². The van der Waals surface area contributed by atoms with Gasteiger partial charge in [-0.1, -0.05) is 128 Å². The average Bonchev–Trinajstić information content (AvgIpc) is 3.28. The maximum absolute atomic E-state index is 12.2. The van der Waals surface area contributed by atoms with Crippen molar-refractivity contribution in [1.82, 2.24) is 0 Å². The molecule has 1 aliphatic rings. The average molecular weight is 625 g/mol. The smallest absolute Gasteiger partial charge is 0.309 e. The Kier molecular flexibility index (Phi) is 24.2. The number of aliphatic hydroxyl groups excluding tert-OH is 4. The van der Waals surface area contributed by atoms with Crippen LogP contribution in [-0.2, 0) is 19.1 Å². The van der Waals surface area contributed by atoms with Crippen molar-refractivity contribution in [2.45, 2.75) is 167 Å². The Bertz CT molecular complexity index is 782. The van der Waals surface area contributed by atoms with Crippen LogP contribution in [0, 0.1) is 11.8 Å². The molecule has 0 aromatic rings. The SMILES string of the molecule is CCCCCCCCCCCCCCC(=O)O[C@@H](CO)COC(=O)C/C=C\C[C@H]1[C@@H](/C=C/[C@H](O)CCCCC)[C@H](O)C[C@@H]1O. The second-order valence-corrected chi connectivity index (χ2v) is 12.6. The van der Waals surface area contributed by atoms with Gasteiger partial charge in [0.1, 0.15) is 6.61 Å². The Morgan fingerprint density at radius 3 is 2.00 bits per heavy atom. The van der Waals surface area contributed by atoms with Crippen LogP contribution in [0.1, 0.15) is 142 Å². The molecular weight excluding hydrogens is 560 g/mol. The summed E-state index contributed by atoms with van der Waals surface area (Å²) in [4.78, 5) is 24.3. The van der Waals surface area contributed by atoms with Gasteiger partial charge in [0.15, 0.2) is 6.10 Å². The number of hydrogen-bond acceptors (Lipinski definition) is 8. The third kappa shape index (κ3) is 19.6. The first-order valence-corrected chi connectivity index (χ1v) is 17.7. The lowest BCUT2D eigenvalue weighted by molar-refractivity contribution is -0.161. The summed E-state index contributed by atoms with van der Waals surface area (Å²) in [6, 6.07) is 0. The second-order valence-electron chi connectivity index (χ2n) is 12.6. The molecule has 0 radical (unpaired) electrons. The summed E-state index contributed by atoms with van der Waals surface area (Å²) in [6.45, 7) is 3.73. The zero-order valence-corrected chi connectivity index (χ0v) is 27.8. The van der Waals surface area contributed by atoms with E-state index in [4.69, 9.17) is 9.47 Å². The van der Waals surface area contributed by atoms with Crippen molar-refractivity contribution in [1.29, 1.82) is 0 Å². The van der Waals surface area contributed by atoms with Crippen molar-refractivity contribution >= 4 is 11.9 Å². The Morgan fingerprint density at radius 2 is 1.39 bits per heavy atom. The molecule has 0 unspecified atom stereocenters. The number of unbranched alkanes of at least 4 members (excludes halogenated alkanes) is 13. The Morgan fingerprint density at radius 1 is 0.795 bits per heavy atom. The van der Waals surface area contributed by atoms with Crippen molar-refractivity contribution in [3.05, 3.63) is 24.3 Å². The molecule has 44 heavy (non-hydrogen) atoms. The maximum atomic E-state index is 12.2. The summed E-state index contributed by atoms with van der Waals surface area (Å²) in [6.07, 6.45) is 23.6. The highest BCUT2D eigenvalue weighted by Crippen LogP contribution is 2.36. The highest BCUT2D eigenvalue weighted by Gasteiger charge is 2.39. The maximum Gasteiger partial charge on any atom is 0.309 e. The predicted octanol–water partition coefficient (Wildman–Crippen LogP) is 6.72. The Balaban J connectivity index is 2.22. The van der Waals surface area contributed by atoms with Crippen molar-refractivity contribution in [3.63, 3.8) is 0 Å². The summed E-state index contributed by atoms with van der Waals surface area (Å²) < 4.78 is 10.5. The molecule has 0 spiro atoms. The van der Waals surface area contributed by atoms with E-state index in [2.05, 4.69) is 13.8 Å². The largest absolute Gasteiger partial charge is 0.461 e. The number of hydrogen-bond donors (Lipinski definition) is 4. The van der Waals surface area contributed by atoms with Crippen LogP contribution in [0.3, 0.4) is 0 Å². The molecule has 8 heteroatoms. The zero-order valence-electron chi connectivity index (χ0n) is 27.8. The molecular formula is C36H64O8. The van der Waals surface area contributed by atoms with Gasteiger partial charge in [-0.25, -0.2) is 0 Å². The lowest BCUT2D eigenvalue weighted by Gasteiger charge is -2.19. The van der Waals surface area contributed by atoms with Gasteiger partial charge in [0.05, 0.1) is 31.3 Å². The van der Waals surface area contributed by atoms with Gasteiger partial charge in [0, 0.05) is 18.8 Å². The minimum atomic E-state index is -0.882. The van der Waals surface area contributed by atoms with Gasteiger partial charge < -0.3 is 29.9 Å². The predicted molar refractivity (Wildman–Crippen MR) is 175 cm³/mol. The fourth-order valence-electron chi connectivity index (χ4n) is 5.82. The molecule has 0 bridgehead atoms. The molecule has 0 saturated heterocycles. The van der Waals surface area contributed by atoms with Crippen molar-refractivity contribution in [2.24, 2.45) is 11.8 Å². The molecule has 1 fully saturated rings. The van der Waals surface area contributed by atoms with E-state index in [1.165, 1.54) is 57.8 Å². The monoisotopic (exact) mass is 624 g/mol. The molecule has 1 saturated carbocycles. The van der Waals surface area contributed by atoms with Crippen LogP contribution >= 0.6 is 0 Å². The van der Waals surface area contributed by atoms with E-state index in [1.807, 2.05) is 6.08 Å². The van der Waals surface area contributed by atoms with Gasteiger partial charge >= 0.3 is 11.9 Å². The zero-order chi connectivity index (χ0) is 32.4. The minimum Gasteiger partial charge on any atom is -0.461 e. The van der Waals surface area contributed by atoms with Crippen molar-refractivity contribution in [2.75, 3.05) is 13.2 Å². The molecule has 256 valence electrons. The summed E-state index contributed by atoms with van der Waals surface area (Å²) >= 11 is 0. The first-order chi connectivity index (χ1) is 21.3. The van der Waals surface area contributed by atoms with Gasteiger partial charge in [-0.3, -0.25) is 9.59 Å². The fraction of sp³-hybridized carbons (Fsp3) is 0.833. The minimum absolute atomic E-state index is 0.00691. The molecule has 0 heterocycles. The number of carbonyl (C=O) groups is 2. The van der Waals surface area contributed by atoms with E-state index >= 15 is 0 Å². The van der Waals surface area contributed by atoms with Crippen LogP contribution in [0.25, 0.3) is 0 Å². The van der Waals surface area contributed by atoms with Crippen LogP contribution < -0.4 is 0 Å². The number of rotatable bonds is 27. The summed E-state index contributed by atoms with van der Waals surface area (Å²) in [7, 11) is 0. The highest BCUT2D eigenvalue weighted by atomic mass is 16.6. The number of esters is 2. The highest BCUT2D eigenvalue weighted by molar-refractivity contribution is 5.71. The van der Waals surface area contributed by atoms with E-state index in [-0.39, 0.29) is 37.3 Å². The molecule has 0 aliphatic heterocycles. The van der Waals surface area contributed by atoms with E-state index in [1.54, 1.807) is 18.2 Å². The standard InChI is InChI=1S/C36H64O8/c1-3-5-7-8-9-10-11-12-13-14-15-17-23-36(42)44-30(27-37)28-43-35(41)22-19-18-21-31-32(34(40)26-33(31)39)25-24-29(38)20-16-6-4-2/h18-19,24-25,29-34,37-40H,3-17,20-23,26-28H2,1-2H3/b19-18-,25-24+/t29-,30+,31+,32-,33+,34-/m1/s1. The molecule has 0 amide bonds. The Labute approximate surface area is 267 Å². The molecule has 6 atom stereocenters. The van der Waals surface area contributed by atoms with E-state index in [0.29, 0.717) is 19.3 Å². The van der Waals surface area contributed by atoms with Crippen LogP contribution in [0.15, 0.2) is 24.3 Å². The van der Waals surface area contributed by atoms with E-state index in [0.717, 1.165) is 38.5 Å². The van der Waals surface area contributed by atoms with Crippen LogP contribution in [-0.4, -0.2) is 70.0 Å². The normalized spacial score (nSPS) is 21.7. The van der Waals surface area contributed by atoms with Crippen LogP contribution in [0.4, 0.5) is 0 Å². The molecule has 1 aliphatic carbocycles. The lowest BCUT2D eigenvalue weighted by Crippen LogP contribution is -2.28. The molecule has 0 aromatic heterocycles. The van der Waals surface area contributed by atoms with Crippen LogP contribution in [0.2, 0.25) is 0 Å². The number of allylic oxidation sites excluding steroid dienone is 1. The van der Waals surface area contributed by atoms with Gasteiger partial charge in [-0.15, -0.1) is 0 Å². The van der Waals surface area contributed by atoms with E-state index in [9.17, 15) is 30.0 Å². The second kappa shape index (κ2) is 26.5. The first-order valence-electron chi connectivity index (χ1n) is 17.7. The van der Waals surface area contributed by atoms with Crippen LogP contribution in [0.5, 0.6) is 0 Å². The van der Waals surface area contributed by atoms with Gasteiger partial charge in [0.25, 0.3) is 0 Å². The molecule has 1 rings (SSSR count). The summed E-state index contributed by atoms with van der Waals surface area (Å²) in [5, 5.41) is 40.5. The van der Waals surface area contributed by atoms with Gasteiger partial charge in [-0.05, 0) is 25.2 Å². The molecule has 4 N–H and O–H groups in total. The molecule has 8 nitrogen and oxygen atoms in total. The third-order valence-electron chi connectivity index (χ3n) is 8.60. The van der Waals surface area contributed by atoms with Crippen molar-refractivity contribution in [3.8, 4) is 0 Å². The number of carbonyl (C=O) groups excluding carboxylic acids is 2. The van der Waals surface area contributed by atoms with Crippen molar-refractivity contribution < 1.29 is 39.5 Å². The quantitative estimate of drug-likeness (QED) is 0.0450. The first kappa shape index (κ1) is 40.3. The molecule has 0 aromatic carbocycles.